The second-order valence-electron chi connectivity index (χ2n) is 7.32. The predicted octanol–water partition coefficient (Wildman–Crippen LogP) is 3.02. The van der Waals surface area contributed by atoms with Gasteiger partial charge in [-0.3, -0.25) is 9.79 Å². The number of allylic oxidation sites excluding steroid dienone is 3. The van der Waals surface area contributed by atoms with Gasteiger partial charge in [-0.1, -0.05) is 18.2 Å². The molecule has 0 bridgehead atoms. The molecule has 1 amide bonds. The van der Waals surface area contributed by atoms with E-state index in [9.17, 15) is 4.79 Å². The fourth-order valence-electron chi connectivity index (χ4n) is 4.48. The lowest BCUT2D eigenvalue weighted by atomic mass is 9.74. The van der Waals surface area contributed by atoms with E-state index in [1.807, 2.05) is 17.8 Å². The number of hydrogen-bond acceptors (Lipinski definition) is 6. The minimum absolute atomic E-state index is 0.0445. The van der Waals surface area contributed by atoms with Gasteiger partial charge in [-0.15, -0.1) is 11.8 Å². The molecule has 0 radical (unpaired) electrons. The molecule has 1 aromatic carbocycles. The molecule has 1 fully saturated rings. The number of methoxy groups -OCH3 is 3. The molecule has 1 N–H and O–H groups in total. The molecule has 0 saturated carbocycles. The van der Waals surface area contributed by atoms with Crippen molar-refractivity contribution in [3.63, 3.8) is 0 Å². The highest BCUT2D eigenvalue weighted by Gasteiger charge is 2.53. The van der Waals surface area contributed by atoms with Gasteiger partial charge in [-0.05, 0) is 18.4 Å². The number of benzene rings is 1. The second kappa shape index (κ2) is 8.14. The van der Waals surface area contributed by atoms with E-state index in [0.29, 0.717) is 23.8 Å². The third-order valence-electron chi connectivity index (χ3n) is 5.96. The van der Waals surface area contributed by atoms with E-state index < -0.39 is 0 Å². The van der Waals surface area contributed by atoms with E-state index in [1.54, 1.807) is 33.5 Å². The summed E-state index contributed by atoms with van der Waals surface area (Å²) in [6.07, 6.45) is 9.36. The third-order valence-corrected chi connectivity index (χ3v) is 7.61. The van der Waals surface area contributed by atoms with Crippen LogP contribution in [0.1, 0.15) is 12.0 Å². The normalized spacial score (nSPS) is 26.9. The zero-order valence-electron chi connectivity index (χ0n) is 16.9. The molecular weight excluding hydrogens is 388 g/mol. The van der Waals surface area contributed by atoms with E-state index in [1.165, 1.54) is 0 Å². The Morgan fingerprint density at radius 3 is 2.66 bits per heavy atom. The van der Waals surface area contributed by atoms with E-state index in [0.717, 1.165) is 30.0 Å². The number of amides is 1. The zero-order chi connectivity index (χ0) is 20.4. The molecule has 1 saturated heterocycles. The largest absolute Gasteiger partial charge is 0.496 e. The van der Waals surface area contributed by atoms with Crippen LogP contribution < -0.4 is 19.5 Å². The quantitative estimate of drug-likeness (QED) is 0.775. The summed E-state index contributed by atoms with van der Waals surface area (Å²) in [6, 6.07) is 3.60. The molecule has 2 aliphatic heterocycles. The van der Waals surface area contributed by atoms with E-state index in [-0.39, 0.29) is 22.5 Å². The van der Waals surface area contributed by atoms with Gasteiger partial charge in [-0.25, -0.2) is 0 Å². The van der Waals surface area contributed by atoms with Crippen LogP contribution >= 0.6 is 11.8 Å². The summed E-state index contributed by atoms with van der Waals surface area (Å²) in [5, 5.41) is 3.12. The first-order valence-electron chi connectivity index (χ1n) is 9.74. The minimum atomic E-state index is -0.148. The lowest BCUT2D eigenvalue weighted by Gasteiger charge is -2.38. The first-order chi connectivity index (χ1) is 14.1. The van der Waals surface area contributed by atoms with Gasteiger partial charge in [0.05, 0.1) is 49.8 Å². The van der Waals surface area contributed by atoms with Crippen molar-refractivity contribution in [3.05, 3.63) is 42.0 Å². The Labute approximate surface area is 175 Å². The topological polar surface area (TPSA) is 69.2 Å². The van der Waals surface area contributed by atoms with Gasteiger partial charge < -0.3 is 19.5 Å². The van der Waals surface area contributed by atoms with Gasteiger partial charge in [0.1, 0.15) is 17.2 Å². The zero-order valence-corrected chi connectivity index (χ0v) is 17.8. The average molecular weight is 415 g/mol. The van der Waals surface area contributed by atoms with Gasteiger partial charge in [0.15, 0.2) is 0 Å². The van der Waals surface area contributed by atoms with Crippen molar-refractivity contribution in [2.24, 2.45) is 16.8 Å². The molecule has 7 heteroatoms. The SMILES string of the molecule is COc1cc(OC)c(CNC(=O)C2CSC34C=CC=CC3=NCCC24)c(OC)c1. The predicted molar refractivity (Wildman–Crippen MR) is 115 cm³/mol. The molecule has 0 aromatic heterocycles. The number of nitrogens with zero attached hydrogens (tertiary/aromatic N) is 1. The molecule has 3 atom stereocenters. The fourth-order valence-corrected chi connectivity index (χ4v) is 6.27. The average Bonchev–Trinajstić information content (AvgIpc) is 3.14. The van der Waals surface area contributed by atoms with Crippen molar-refractivity contribution in [3.8, 4) is 17.2 Å². The summed E-state index contributed by atoms with van der Waals surface area (Å²) in [6.45, 7) is 1.12. The van der Waals surface area contributed by atoms with E-state index in [2.05, 4.69) is 23.5 Å². The summed E-state index contributed by atoms with van der Waals surface area (Å²) in [7, 11) is 4.80. The highest BCUT2D eigenvalue weighted by molar-refractivity contribution is 8.02. The standard InChI is InChI=1S/C22H26N2O4S/c1-26-14-10-18(27-2)15(19(11-14)28-3)12-24-21(25)16-13-29-22-8-5-4-6-20(22)23-9-7-17(16)22/h4-6,8,10-11,16-17H,7,9,12-13H2,1-3H3,(H,24,25). The van der Waals surface area contributed by atoms with Crippen molar-refractivity contribution in [2.75, 3.05) is 33.6 Å². The molecule has 29 heavy (non-hydrogen) atoms. The third kappa shape index (κ3) is 3.41. The molecule has 154 valence electrons. The number of thioether (sulfide) groups is 1. The van der Waals surface area contributed by atoms with E-state index >= 15 is 0 Å². The number of carbonyl (C=O) groups excluding carboxylic acids is 1. The van der Waals surface area contributed by atoms with Crippen molar-refractivity contribution in [1.82, 2.24) is 5.32 Å². The maximum atomic E-state index is 13.2. The number of aliphatic imine (C=N–C) groups is 1. The van der Waals surface area contributed by atoms with Gasteiger partial charge in [-0.2, -0.15) is 0 Å². The van der Waals surface area contributed by atoms with Gasteiger partial charge >= 0.3 is 0 Å². The van der Waals surface area contributed by atoms with Crippen LogP contribution in [0.25, 0.3) is 0 Å². The molecule has 1 spiro atoms. The van der Waals surface area contributed by atoms with Crippen LogP contribution in [-0.2, 0) is 11.3 Å². The maximum absolute atomic E-state index is 13.2. The molecule has 2 heterocycles. The molecule has 3 unspecified atom stereocenters. The Hall–Kier alpha value is -2.41. The Morgan fingerprint density at radius 2 is 1.97 bits per heavy atom. The molecule has 1 aliphatic carbocycles. The molecule has 6 nitrogen and oxygen atoms in total. The van der Waals surface area contributed by atoms with Gasteiger partial charge in [0.25, 0.3) is 0 Å². The molecule has 1 aromatic rings. The van der Waals surface area contributed by atoms with Crippen LogP contribution in [0.3, 0.4) is 0 Å². The minimum Gasteiger partial charge on any atom is -0.496 e. The summed E-state index contributed by atoms with van der Waals surface area (Å²) in [4.78, 5) is 17.9. The fraction of sp³-hybridized carbons (Fsp3) is 0.455. The number of rotatable bonds is 6. The number of hydrogen-bond donors (Lipinski definition) is 1. The van der Waals surface area contributed by atoms with Gasteiger partial charge in [0, 0.05) is 24.4 Å². The smallest absolute Gasteiger partial charge is 0.224 e. The van der Waals surface area contributed by atoms with Crippen molar-refractivity contribution >= 4 is 23.4 Å². The highest BCUT2D eigenvalue weighted by Crippen LogP contribution is 2.52. The van der Waals surface area contributed by atoms with E-state index in [4.69, 9.17) is 19.2 Å². The lowest BCUT2D eigenvalue weighted by molar-refractivity contribution is -0.125. The lowest BCUT2D eigenvalue weighted by Crippen LogP contribution is -2.46. The van der Waals surface area contributed by atoms with Gasteiger partial charge in [0.2, 0.25) is 5.91 Å². The summed E-state index contributed by atoms with van der Waals surface area (Å²) in [5.74, 6) is 3.00. The number of nitrogens with one attached hydrogen (secondary N) is 1. The molecule has 3 aliphatic rings. The van der Waals surface area contributed by atoms with Crippen LogP contribution in [0.2, 0.25) is 0 Å². The van der Waals surface area contributed by atoms with Crippen LogP contribution in [0.15, 0.2) is 41.4 Å². The number of ether oxygens (including phenoxy) is 3. The Bertz CT molecular complexity index is 870. The summed E-state index contributed by atoms with van der Waals surface area (Å²) < 4.78 is 16.1. The molecule has 4 rings (SSSR count). The monoisotopic (exact) mass is 414 g/mol. The van der Waals surface area contributed by atoms with Crippen LogP contribution in [0.4, 0.5) is 0 Å². The van der Waals surface area contributed by atoms with Crippen LogP contribution in [-0.4, -0.2) is 50.0 Å². The van der Waals surface area contributed by atoms with Crippen molar-refractivity contribution < 1.29 is 19.0 Å². The Balaban J connectivity index is 1.51. The highest BCUT2D eigenvalue weighted by atomic mass is 32.2. The summed E-state index contributed by atoms with van der Waals surface area (Å²) in [5.41, 5.74) is 1.91. The number of carbonyl (C=O) groups is 1. The molecular formula is C22H26N2O4S. The van der Waals surface area contributed by atoms with Crippen molar-refractivity contribution in [2.45, 2.75) is 17.7 Å². The Morgan fingerprint density at radius 1 is 1.21 bits per heavy atom. The first-order valence-corrected chi connectivity index (χ1v) is 10.7. The summed E-state index contributed by atoms with van der Waals surface area (Å²) >= 11 is 1.84. The first kappa shape index (κ1) is 19.9. The second-order valence-corrected chi connectivity index (χ2v) is 8.62. The maximum Gasteiger partial charge on any atom is 0.224 e. The Kier molecular flexibility index (Phi) is 5.58. The van der Waals surface area contributed by atoms with Crippen molar-refractivity contribution in [1.29, 1.82) is 0 Å². The van der Waals surface area contributed by atoms with Crippen LogP contribution in [0.5, 0.6) is 17.2 Å². The van der Waals surface area contributed by atoms with Crippen LogP contribution in [0, 0.1) is 11.8 Å².